The van der Waals surface area contributed by atoms with Crippen molar-refractivity contribution in [1.82, 2.24) is 9.97 Å². The first-order chi connectivity index (χ1) is 14.2. The molecule has 0 radical (unpaired) electrons. The third kappa shape index (κ3) is 4.55. The summed E-state index contributed by atoms with van der Waals surface area (Å²) in [5, 5.41) is 0.269. The predicted octanol–water partition coefficient (Wildman–Crippen LogP) is 4.79. The Morgan fingerprint density at radius 2 is 1.37 bits per heavy atom. The van der Waals surface area contributed by atoms with Crippen molar-refractivity contribution in [3.05, 3.63) is 50.9 Å². The summed E-state index contributed by atoms with van der Waals surface area (Å²) >= 11 is 5.56. The molecule has 0 saturated carbocycles. The number of rotatable bonds is 2. The fraction of sp³-hybridized carbons (Fsp3) is 0.111. The molecule has 0 aliphatic heterocycles. The van der Waals surface area contributed by atoms with Crippen LogP contribution in [0, 0.1) is 11.6 Å². The minimum absolute atomic E-state index is 0.158. The zero-order valence-corrected chi connectivity index (χ0v) is 18.6. The van der Waals surface area contributed by atoms with Crippen LogP contribution in [-0.4, -0.2) is 36.1 Å². The van der Waals surface area contributed by atoms with Crippen LogP contribution in [-0.2, 0) is 9.47 Å². The highest BCUT2D eigenvalue weighted by Crippen LogP contribution is 2.29. The molecule has 4 aromatic rings. The summed E-state index contributed by atoms with van der Waals surface area (Å²) in [4.78, 5) is 30.1. The van der Waals surface area contributed by atoms with Crippen LogP contribution in [0.3, 0.4) is 0 Å². The summed E-state index contributed by atoms with van der Waals surface area (Å²) in [7, 11) is 2.50. The number of carbonyl (C=O) groups excluding carboxylic acids is 2. The molecule has 2 aromatic carbocycles. The summed E-state index contributed by atoms with van der Waals surface area (Å²) in [6.45, 7) is 0. The van der Waals surface area contributed by atoms with Crippen LogP contribution in [0.5, 0.6) is 0 Å². The molecule has 0 atom stereocenters. The van der Waals surface area contributed by atoms with E-state index in [1.54, 1.807) is 6.07 Å². The standard InChI is InChI=1S/C9H5BrFNO2S.C9H7FN2O2S/c1-14-8(13)4-2-5(11)7-6(3-4)15-9(10)12-7;1-14-8(13)4-2-5(10)7-6(3-4)15-9(11)12-7/h2-3H,1H3;2-3H,1H3,(H2,11,12). The van der Waals surface area contributed by atoms with E-state index >= 15 is 0 Å². The van der Waals surface area contributed by atoms with Crippen molar-refractivity contribution >= 4 is 76.1 Å². The summed E-state index contributed by atoms with van der Waals surface area (Å²) in [5.41, 5.74) is 6.24. The Hall–Kier alpha value is -2.70. The second kappa shape index (κ2) is 8.98. The van der Waals surface area contributed by atoms with E-state index in [0.717, 1.165) is 23.5 Å². The Kier molecular flexibility index (Phi) is 6.58. The van der Waals surface area contributed by atoms with Crippen LogP contribution in [0.4, 0.5) is 13.9 Å². The molecule has 2 aromatic heterocycles. The molecule has 12 heteroatoms. The van der Waals surface area contributed by atoms with Gasteiger partial charge in [0.2, 0.25) is 0 Å². The molecule has 0 spiro atoms. The summed E-state index contributed by atoms with van der Waals surface area (Å²) < 4.78 is 37.6. The van der Waals surface area contributed by atoms with Gasteiger partial charge in [-0.1, -0.05) is 11.3 Å². The van der Waals surface area contributed by atoms with Gasteiger partial charge in [-0.3, -0.25) is 0 Å². The van der Waals surface area contributed by atoms with E-state index in [0.29, 0.717) is 13.3 Å². The smallest absolute Gasteiger partial charge is 0.338 e. The normalized spacial score (nSPS) is 10.6. The molecule has 0 aliphatic rings. The third-order valence-corrected chi connectivity index (χ3v) is 6.01. The van der Waals surface area contributed by atoms with Crippen molar-refractivity contribution in [2.75, 3.05) is 20.0 Å². The van der Waals surface area contributed by atoms with Crippen LogP contribution >= 0.6 is 38.6 Å². The maximum Gasteiger partial charge on any atom is 0.338 e. The van der Waals surface area contributed by atoms with Gasteiger partial charge in [0.1, 0.15) is 11.0 Å². The first-order valence-electron chi connectivity index (χ1n) is 8.01. The van der Waals surface area contributed by atoms with Gasteiger partial charge in [0.15, 0.2) is 20.7 Å². The van der Waals surface area contributed by atoms with Gasteiger partial charge in [0.25, 0.3) is 0 Å². The molecule has 0 bridgehead atoms. The average molecular weight is 516 g/mol. The molecule has 2 N–H and O–H groups in total. The monoisotopic (exact) mass is 515 g/mol. The lowest BCUT2D eigenvalue weighted by Gasteiger charge is -1.99. The van der Waals surface area contributed by atoms with E-state index in [2.05, 4.69) is 35.4 Å². The molecule has 0 unspecified atom stereocenters. The van der Waals surface area contributed by atoms with Crippen molar-refractivity contribution in [1.29, 1.82) is 0 Å². The van der Waals surface area contributed by atoms with Gasteiger partial charge in [-0.05, 0) is 40.2 Å². The Labute approximate surface area is 184 Å². The van der Waals surface area contributed by atoms with E-state index in [4.69, 9.17) is 5.73 Å². The van der Waals surface area contributed by atoms with Gasteiger partial charge < -0.3 is 15.2 Å². The van der Waals surface area contributed by atoms with Gasteiger partial charge in [-0.2, -0.15) is 0 Å². The average Bonchev–Trinajstić information content (AvgIpc) is 3.28. The maximum absolute atomic E-state index is 13.5. The van der Waals surface area contributed by atoms with Crippen LogP contribution in [0.15, 0.2) is 28.2 Å². The maximum atomic E-state index is 13.5. The highest BCUT2D eigenvalue weighted by Gasteiger charge is 2.14. The van der Waals surface area contributed by atoms with Crippen molar-refractivity contribution < 1.29 is 27.8 Å². The van der Waals surface area contributed by atoms with Gasteiger partial charge in [-0.25, -0.2) is 28.3 Å². The number of benzene rings is 2. The van der Waals surface area contributed by atoms with Crippen molar-refractivity contribution in [2.45, 2.75) is 0 Å². The Morgan fingerprint density at radius 1 is 0.900 bits per heavy atom. The van der Waals surface area contributed by atoms with Crippen molar-refractivity contribution in [3.63, 3.8) is 0 Å². The summed E-state index contributed by atoms with van der Waals surface area (Å²) in [6, 6.07) is 5.29. The number of anilines is 1. The highest BCUT2D eigenvalue weighted by atomic mass is 79.9. The van der Waals surface area contributed by atoms with E-state index in [9.17, 15) is 18.4 Å². The van der Waals surface area contributed by atoms with Gasteiger partial charge >= 0.3 is 11.9 Å². The first-order valence-corrected chi connectivity index (χ1v) is 10.4. The SMILES string of the molecule is COC(=O)c1cc(F)c2nc(Br)sc2c1.COC(=O)c1cc(F)c2nc(N)sc2c1. The fourth-order valence-corrected chi connectivity index (χ4v) is 4.67. The molecule has 7 nitrogen and oxygen atoms in total. The molecule has 30 heavy (non-hydrogen) atoms. The molecule has 0 saturated heterocycles. The molecule has 0 fully saturated rings. The lowest BCUT2D eigenvalue weighted by Crippen LogP contribution is -2.01. The molecule has 156 valence electrons. The van der Waals surface area contributed by atoms with E-state index < -0.39 is 23.6 Å². The van der Waals surface area contributed by atoms with Crippen LogP contribution < -0.4 is 5.73 Å². The van der Waals surface area contributed by atoms with Gasteiger partial charge in [-0.15, -0.1) is 11.3 Å². The minimum atomic E-state index is -0.581. The number of methoxy groups -OCH3 is 2. The number of thiazole rings is 2. The highest BCUT2D eigenvalue weighted by molar-refractivity contribution is 9.11. The quantitative estimate of drug-likeness (QED) is 0.382. The second-order valence-electron chi connectivity index (χ2n) is 5.61. The molecule has 0 aliphatic carbocycles. The van der Waals surface area contributed by atoms with Crippen LogP contribution in [0.25, 0.3) is 20.4 Å². The van der Waals surface area contributed by atoms with Crippen molar-refractivity contribution in [3.8, 4) is 0 Å². The lowest BCUT2D eigenvalue weighted by atomic mass is 10.2. The number of nitrogens with two attached hydrogens (primary N) is 1. The topological polar surface area (TPSA) is 104 Å². The summed E-state index contributed by atoms with van der Waals surface area (Å²) in [6.07, 6.45) is 0. The number of esters is 2. The zero-order chi connectivity index (χ0) is 22.0. The number of nitrogens with zero attached hydrogens (tertiary/aromatic N) is 2. The molecular formula is C18H12BrF2N3O4S2. The third-order valence-electron chi connectivity index (χ3n) is 3.73. The molecular weight excluding hydrogens is 504 g/mol. The van der Waals surface area contributed by atoms with E-state index in [-0.39, 0.29) is 27.3 Å². The molecule has 4 rings (SSSR count). The number of ether oxygens (including phenoxy) is 2. The summed E-state index contributed by atoms with van der Waals surface area (Å²) in [5.74, 6) is -2.22. The van der Waals surface area contributed by atoms with E-state index in [1.165, 1.54) is 31.6 Å². The number of hydrogen-bond donors (Lipinski definition) is 1. The first kappa shape index (κ1) is 22.0. The Bertz CT molecular complexity index is 1180. The fourth-order valence-electron chi connectivity index (χ4n) is 2.44. The van der Waals surface area contributed by atoms with Crippen LogP contribution in [0.2, 0.25) is 0 Å². The second-order valence-corrected chi connectivity index (χ2v) is 8.98. The number of carbonyl (C=O) groups is 2. The largest absolute Gasteiger partial charge is 0.465 e. The Balaban J connectivity index is 0.000000171. The van der Waals surface area contributed by atoms with Crippen molar-refractivity contribution in [2.24, 2.45) is 0 Å². The molecule has 0 amide bonds. The lowest BCUT2D eigenvalue weighted by molar-refractivity contribution is 0.0591. The number of nitrogen functional groups attached to an aromatic ring is 1. The number of fused-ring (bicyclic) bond motifs is 2. The minimum Gasteiger partial charge on any atom is -0.465 e. The van der Waals surface area contributed by atoms with Gasteiger partial charge in [0, 0.05) is 0 Å². The predicted molar refractivity (Wildman–Crippen MR) is 114 cm³/mol. The van der Waals surface area contributed by atoms with Gasteiger partial charge in [0.05, 0.1) is 34.7 Å². The Morgan fingerprint density at radius 3 is 1.87 bits per heavy atom. The zero-order valence-electron chi connectivity index (χ0n) is 15.4. The van der Waals surface area contributed by atoms with E-state index in [1.807, 2.05) is 0 Å². The number of hydrogen-bond acceptors (Lipinski definition) is 9. The number of aromatic nitrogens is 2. The molecule has 2 heterocycles. The van der Waals surface area contributed by atoms with Crippen LogP contribution in [0.1, 0.15) is 20.7 Å². The number of halogens is 3.